The summed E-state index contributed by atoms with van der Waals surface area (Å²) < 4.78 is 28.6. The fourth-order valence-corrected chi connectivity index (χ4v) is 5.27. The first kappa shape index (κ1) is 35.3. The van der Waals surface area contributed by atoms with Crippen LogP contribution < -0.4 is 14.2 Å². The van der Waals surface area contributed by atoms with E-state index in [0.29, 0.717) is 36.7 Å². The van der Waals surface area contributed by atoms with E-state index in [-0.39, 0.29) is 25.0 Å². The molecule has 2 rings (SSSR count). The molecule has 0 spiro atoms. The lowest BCUT2D eigenvalue weighted by Crippen LogP contribution is -2.22. The van der Waals surface area contributed by atoms with Gasteiger partial charge in [-0.15, -0.1) is 0 Å². The maximum atomic E-state index is 11.8. The van der Waals surface area contributed by atoms with Gasteiger partial charge in [-0.1, -0.05) is 69.1 Å². The summed E-state index contributed by atoms with van der Waals surface area (Å²) in [5.74, 6) is 1.51. The molecule has 0 bridgehead atoms. The Hall–Kier alpha value is -2.93. The van der Waals surface area contributed by atoms with Gasteiger partial charge in [0.2, 0.25) is 0 Å². The Morgan fingerprint density at radius 3 is 2.02 bits per heavy atom. The van der Waals surface area contributed by atoms with E-state index in [1.165, 1.54) is 11.6 Å². The van der Waals surface area contributed by atoms with E-state index in [2.05, 4.69) is 59.2 Å². The lowest BCUT2D eigenvalue weighted by Gasteiger charge is -2.17. The van der Waals surface area contributed by atoms with E-state index in [9.17, 15) is 10.1 Å². The highest BCUT2D eigenvalue weighted by atomic mass is 28.3. The van der Waals surface area contributed by atoms with Crippen LogP contribution in [0, 0.1) is 10.1 Å². The van der Waals surface area contributed by atoms with Gasteiger partial charge in [0.1, 0.15) is 11.5 Å². The van der Waals surface area contributed by atoms with Crippen molar-refractivity contribution in [3.8, 4) is 17.2 Å². The maximum Gasteiger partial charge on any atom is 0.311 e. The topological polar surface area (TPSA) is 89.3 Å². The first-order chi connectivity index (χ1) is 19.7. The van der Waals surface area contributed by atoms with Crippen molar-refractivity contribution >= 4 is 34.0 Å². The Balaban J connectivity index is 2.26. The number of rotatable bonds is 18. The largest absolute Gasteiger partial charge is 0.496 e. The van der Waals surface area contributed by atoms with Crippen molar-refractivity contribution in [2.45, 2.75) is 71.6 Å². The lowest BCUT2D eigenvalue weighted by atomic mass is 10.00. The van der Waals surface area contributed by atoms with E-state index in [1.54, 1.807) is 19.2 Å². The molecular formula is C32H49NO7Si2. The van der Waals surface area contributed by atoms with Crippen LogP contribution in [0.15, 0.2) is 42.0 Å². The zero-order chi connectivity index (χ0) is 31.3. The van der Waals surface area contributed by atoms with E-state index >= 15 is 0 Å². The number of benzene rings is 2. The van der Waals surface area contributed by atoms with E-state index in [0.717, 1.165) is 23.2 Å². The minimum Gasteiger partial charge on any atom is -0.496 e. The molecule has 0 saturated heterocycles. The van der Waals surface area contributed by atoms with Crippen LogP contribution in [0.4, 0.5) is 5.69 Å². The third-order valence-corrected chi connectivity index (χ3v) is 9.79. The number of allylic oxidation sites excluding steroid dienone is 2. The van der Waals surface area contributed by atoms with Crippen molar-refractivity contribution in [2.24, 2.45) is 0 Å². The molecule has 0 N–H and O–H groups in total. The maximum absolute atomic E-state index is 11.8. The number of hydrogen-bond donors (Lipinski definition) is 0. The summed E-state index contributed by atoms with van der Waals surface area (Å²) in [6.45, 7) is 19.2. The molecule has 8 nitrogen and oxygen atoms in total. The van der Waals surface area contributed by atoms with Crippen LogP contribution >= 0.6 is 0 Å². The molecule has 0 aliphatic carbocycles. The number of hydrogen-bond acceptors (Lipinski definition) is 7. The molecule has 0 aliphatic heterocycles. The Labute approximate surface area is 253 Å². The molecule has 0 atom stereocenters. The van der Waals surface area contributed by atoms with Crippen LogP contribution in [0.2, 0.25) is 51.4 Å². The monoisotopic (exact) mass is 615 g/mol. The molecule has 232 valence electrons. The van der Waals surface area contributed by atoms with Crippen LogP contribution in [0.3, 0.4) is 0 Å². The summed E-state index contributed by atoms with van der Waals surface area (Å²) in [5.41, 5.74) is 3.64. The Morgan fingerprint density at radius 1 is 0.857 bits per heavy atom. The van der Waals surface area contributed by atoms with Gasteiger partial charge in [0.15, 0.2) is 19.3 Å². The highest BCUT2D eigenvalue weighted by Gasteiger charge is 2.17. The SMILES string of the molecule is COc1cc(OCOCC[Si](C)(C)C)cc(/C=C/c2ccc(OCOCC[Si](C)(C)C)c([N+](=O)[O-])c2)c1CC=C(C)C. The number of nitro groups is 1. The average molecular weight is 616 g/mol. The molecule has 0 amide bonds. The number of methoxy groups -OCH3 is 1. The minimum absolute atomic E-state index is 0.0251. The lowest BCUT2D eigenvalue weighted by molar-refractivity contribution is -0.386. The van der Waals surface area contributed by atoms with E-state index in [4.69, 9.17) is 23.7 Å². The van der Waals surface area contributed by atoms with Crippen molar-refractivity contribution < 1.29 is 28.6 Å². The van der Waals surface area contributed by atoms with Crippen LogP contribution in [-0.4, -0.2) is 55.0 Å². The second-order valence-electron chi connectivity index (χ2n) is 13.0. The van der Waals surface area contributed by atoms with Crippen LogP contribution in [-0.2, 0) is 15.9 Å². The van der Waals surface area contributed by atoms with Gasteiger partial charge < -0.3 is 23.7 Å². The van der Waals surface area contributed by atoms with Gasteiger partial charge in [0.05, 0.1) is 12.0 Å². The predicted molar refractivity (Wildman–Crippen MR) is 177 cm³/mol. The van der Waals surface area contributed by atoms with E-state index < -0.39 is 21.1 Å². The van der Waals surface area contributed by atoms with Crippen molar-refractivity contribution in [1.82, 2.24) is 0 Å². The quantitative estimate of drug-likeness (QED) is 0.0315. The third-order valence-electron chi connectivity index (χ3n) is 6.39. The normalized spacial score (nSPS) is 11.9. The Morgan fingerprint density at radius 2 is 1.48 bits per heavy atom. The van der Waals surface area contributed by atoms with Gasteiger partial charge in [-0.25, -0.2) is 0 Å². The van der Waals surface area contributed by atoms with Gasteiger partial charge in [-0.3, -0.25) is 10.1 Å². The van der Waals surface area contributed by atoms with Gasteiger partial charge in [-0.2, -0.15) is 0 Å². The predicted octanol–water partition coefficient (Wildman–Crippen LogP) is 8.66. The summed E-state index contributed by atoms with van der Waals surface area (Å²) in [7, 11) is -0.764. The fraction of sp³-hybridized carbons (Fsp3) is 0.500. The van der Waals surface area contributed by atoms with Crippen molar-refractivity contribution in [1.29, 1.82) is 0 Å². The summed E-state index contributed by atoms with van der Waals surface area (Å²) in [6, 6.07) is 10.8. The summed E-state index contributed by atoms with van der Waals surface area (Å²) >= 11 is 0. The molecule has 10 heteroatoms. The molecule has 2 aromatic rings. The highest BCUT2D eigenvalue weighted by Crippen LogP contribution is 2.33. The second-order valence-corrected chi connectivity index (χ2v) is 24.2. The fourth-order valence-electron chi connectivity index (χ4n) is 3.76. The molecule has 42 heavy (non-hydrogen) atoms. The number of nitro benzene ring substituents is 1. The van der Waals surface area contributed by atoms with Gasteiger partial charge in [-0.05, 0) is 55.6 Å². The smallest absolute Gasteiger partial charge is 0.311 e. The number of nitrogens with zero attached hydrogens (tertiary/aromatic N) is 1. The van der Waals surface area contributed by atoms with Crippen LogP contribution in [0.5, 0.6) is 17.2 Å². The Kier molecular flexibility index (Phi) is 14.0. The zero-order valence-corrected chi connectivity index (χ0v) is 28.9. The third kappa shape index (κ3) is 13.4. The second kappa shape index (κ2) is 16.6. The number of ether oxygens (including phenoxy) is 5. The zero-order valence-electron chi connectivity index (χ0n) is 26.9. The molecule has 0 unspecified atom stereocenters. The molecule has 0 aromatic heterocycles. The summed E-state index contributed by atoms with van der Waals surface area (Å²) in [5, 5.41) is 11.8. The average Bonchev–Trinajstić information content (AvgIpc) is 2.89. The highest BCUT2D eigenvalue weighted by molar-refractivity contribution is 6.76. The Bertz CT molecular complexity index is 1230. The molecule has 0 radical (unpaired) electrons. The van der Waals surface area contributed by atoms with E-state index in [1.807, 2.05) is 24.3 Å². The van der Waals surface area contributed by atoms with Crippen molar-refractivity contribution in [2.75, 3.05) is 33.9 Å². The molecule has 0 heterocycles. The standard InChI is InChI=1S/C32H49NO7Si2/c1-25(2)10-14-29-27(21-28(22-32(29)36-3)39-23-37-16-18-41(4,5)6)13-11-26-12-15-31(30(20-26)33(34)35)40-24-38-17-19-42(7,8)9/h10-13,15,20-22H,14,16-19,23-24H2,1-9H3/b13-11+. The van der Waals surface area contributed by atoms with Crippen molar-refractivity contribution in [3.63, 3.8) is 0 Å². The molecule has 0 saturated carbocycles. The molecule has 0 aliphatic rings. The molecular weight excluding hydrogens is 567 g/mol. The minimum atomic E-state index is -1.22. The summed E-state index contributed by atoms with van der Waals surface area (Å²) in [4.78, 5) is 11.4. The van der Waals surface area contributed by atoms with Gasteiger partial charge in [0, 0.05) is 47.1 Å². The summed E-state index contributed by atoms with van der Waals surface area (Å²) in [6.07, 6.45) is 6.58. The van der Waals surface area contributed by atoms with Crippen LogP contribution in [0.1, 0.15) is 30.5 Å². The molecule has 0 fully saturated rings. The molecule has 2 aromatic carbocycles. The van der Waals surface area contributed by atoms with Gasteiger partial charge in [0.25, 0.3) is 0 Å². The first-order valence-electron chi connectivity index (χ1n) is 14.4. The van der Waals surface area contributed by atoms with Crippen molar-refractivity contribution in [3.05, 3.63) is 68.8 Å². The first-order valence-corrected chi connectivity index (χ1v) is 21.8. The van der Waals surface area contributed by atoms with Crippen LogP contribution in [0.25, 0.3) is 12.2 Å². The van der Waals surface area contributed by atoms with Gasteiger partial charge >= 0.3 is 5.69 Å².